The molecule has 152 valence electrons. The summed E-state index contributed by atoms with van der Waals surface area (Å²) in [4.78, 5) is 4.16. The zero-order valence-corrected chi connectivity index (χ0v) is 16.6. The van der Waals surface area contributed by atoms with E-state index < -0.39 is 11.7 Å². The summed E-state index contributed by atoms with van der Waals surface area (Å²) in [5.74, 6) is 0.227. The molecule has 1 atom stereocenters. The van der Waals surface area contributed by atoms with Crippen molar-refractivity contribution in [2.75, 3.05) is 0 Å². The van der Waals surface area contributed by atoms with Crippen molar-refractivity contribution in [3.05, 3.63) is 94.8 Å². The number of alkyl halides is 3. The van der Waals surface area contributed by atoms with Crippen LogP contribution in [0.1, 0.15) is 29.5 Å². The lowest BCUT2D eigenvalue weighted by molar-refractivity contribution is -0.137. The predicted molar refractivity (Wildman–Crippen MR) is 109 cm³/mol. The Morgan fingerprint density at radius 2 is 1.73 bits per heavy atom. The molecule has 30 heavy (non-hydrogen) atoms. The molecule has 0 radical (unpaired) electrons. The SMILES string of the molecule is CC(c1cccnc1)c1c(-c2cccc(C(F)(F)F)c2)noc1-c1cccc(Cl)c1. The molecule has 4 aromatic rings. The summed E-state index contributed by atoms with van der Waals surface area (Å²) in [5.41, 5.74) is 2.19. The van der Waals surface area contributed by atoms with Crippen LogP contribution in [-0.2, 0) is 6.18 Å². The van der Waals surface area contributed by atoms with Crippen molar-refractivity contribution in [3.8, 4) is 22.6 Å². The van der Waals surface area contributed by atoms with Crippen molar-refractivity contribution in [2.24, 2.45) is 0 Å². The van der Waals surface area contributed by atoms with Gasteiger partial charge in [-0.2, -0.15) is 13.2 Å². The molecule has 1 unspecified atom stereocenters. The van der Waals surface area contributed by atoms with Gasteiger partial charge in [0.05, 0.1) is 5.56 Å². The zero-order chi connectivity index (χ0) is 21.3. The van der Waals surface area contributed by atoms with Crippen LogP contribution in [0.25, 0.3) is 22.6 Å². The quantitative estimate of drug-likeness (QED) is 0.344. The van der Waals surface area contributed by atoms with Gasteiger partial charge in [-0.3, -0.25) is 4.98 Å². The van der Waals surface area contributed by atoms with Crippen LogP contribution >= 0.6 is 11.6 Å². The zero-order valence-electron chi connectivity index (χ0n) is 15.8. The summed E-state index contributed by atoms with van der Waals surface area (Å²) in [6.07, 6.45) is -1.07. The molecule has 0 saturated carbocycles. The molecule has 0 aliphatic rings. The van der Waals surface area contributed by atoms with Crippen LogP contribution in [0.15, 0.2) is 77.6 Å². The smallest absolute Gasteiger partial charge is 0.355 e. The van der Waals surface area contributed by atoms with E-state index in [0.717, 1.165) is 17.7 Å². The molecule has 0 aliphatic carbocycles. The van der Waals surface area contributed by atoms with Crippen LogP contribution in [0.4, 0.5) is 13.2 Å². The van der Waals surface area contributed by atoms with Gasteiger partial charge in [-0.1, -0.05) is 54.0 Å². The molecule has 2 aromatic heterocycles. The molecule has 3 nitrogen and oxygen atoms in total. The van der Waals surface area contributed by atoms with Gasteiger partial charge in [0.25, 0.3) is 0 Å². The molecule has 0 fully saturated rings. The number of nitrogens with zero attached hydrogens (tertiary/aromatic N) is 2. The van der Waals surface area contributed by atoms with Gasteiger partial charge in [0.2, 0.25) is 0 Å². The van der Waals surface area contributed by atoms with E-state index in [2.05, 4.69) is 10.1 Å². The Hall–Kier alpha value is -3.12. The Morgan fingerprint density at radius 3 is 2.43 bits per heavy atom. The van der Waals surface area contributed by atoms with Crippen LogP contribution in [0.5, 0.6) is 0 Å². The van der Waals surface area contributed by atoms with Gasteiger partial charge >= 0.3 is 6.18 Å². The Bertz CT molecular complexity index is 1170. The second kappa shape index (κ2) is 7.95. The molecule has 0 amide bonds. The minimum Gasteiger partial charge on any atom is -0.355 e. The molecule has 4 rings (SSSR count). The highest BCUT2D eigenvalue weighted by molar-refractivity contribution is 6.30. The van der Waals surface area contributed by atoms with Crippen LogP contribution in [-0.4, -0.2) is 10.1 Å². The van der Waals surface area contributed by atoms with E-state index in [9.17, 15) is 13.2 Å². The van der Waals surface area contributed by atoms with Crippen LogP contribution in [0.3, 0.4) is 0 Å². The van der Waals surface area contributed by atoms with Crippen molar-refractivity contribution in [1.29, 1.82) is 0 Å². The average molecular weight is 429 g/mol. The van der Waals surface area contributed by atoms with Gasteiger partial charge in [-0.25, -0.2) is 0 Å². The topological polar surface area (TPSA) is 38.9 Å². The van der Waals surface area contributed by atoms with Gasteiger partial charge in [-0.05, 0) is 35.9 Å². The summed E-state index contributed by atoms with van der Waals surface area (Å²) in [6, 6.07) is 15.9. The maximum absolute atomic E-state index is 13.3. The highest BCUT2D eigenvalue weighted by atomic mass is 35.5. The molecule has 0 N–H and O–H groups in total. The molecule has 0 bridgehead atoms. The maximum atomic E-state index is 13.3. The predicted octanol–water partition coefficient (Wildman–Crippen LogP) is 7.23. The van der Waals surface area contributed by atoms with E-state index >= 15 is 0 Å². The lowest BCUT2D eigenvalue weighted by Crippen LogP contribution is -2.05. The summed E-state index contributed by atoms with van der Waals surface area (Å²) < 4.78 is 45.4. The average Bonchev–Trinajstić information content (AvgIpc) is 3.18. The van der Waals surface area contributed by atoms with Crippen molar-refractivity contribution >= 4 is 11.6 Å². The number of pyridine rings is 1. The van der Waals surface area contributed by atoms with Crippen molar-refractivity contribution in [2.45, 2.75) is 19.0 Å². The molecule has 2 aromatic carbocycles. The first-order valence-corrected chi connectivity index (χ1v) is 9.55. The van der Waals surface area contributed by atoms with Crippen LogP contribution < -0.4 is 0 Å². The van der Waals surface area contributed by atoms with Gasteiger partial charge < -0.3 is 4.52 Å². The molecular weight excluding hydrogens is 413 g/mol. The minimum atomic E-state index is -4.45. The summed E-state index contributed by atoms with van der Waals surface area (Å²) in [7, 11) is 0. The second-order valence-electron chi connectivity index (χ2n) is 6.87. The summed E-state index contributed by atoms with van der Waals surface area (Å²) in [5, 5.41) is 4.67. The number of benzene rings is 2. The third-order valence-corrected chi connectivity index (χ3v) is 5.13. The molecule has 0 spiro atoms. The summed E-state index contributed by atoms with van der Waals surface area (Å²) in [6.45, 7) is 1.94. The Labute approximate surface area is 176 Å². The van der Waals surface area contributed by atoms with Gasteiger partial charge in [-0.15, -0.1) is 0 Å². The molecule has 2 heterocycles. The lowest BCUT2D eigenvalue weighted by Gasteiger charge is -2.14. The number of halogens is 4. The van der Waals surface area contributed by atoms with Crippen LogP contribution in [0, 0.1) is 0 Å². The standard InChI is InChI=1S/C23H16ClF3N2O/c1-14(17-7-4-10-28-13-17)20-21(15-5-2-8-18(11-15)23(25,26)27)29-30-22(20)16-6-3-9-19(24)12-16/h2-14H,1H3. The van der Waals surface area contributed by atoms with Gasteiger partial charge in [0.15, 0.2) is 5.76 Å². The van der Waals surface area contributed by atoms with Gasteiger partial charge in [0, 0.05) is 40.0 Å². The molecular formula is C23H16ClF3N2O. The Balaban J connectivity index is 1.92. The number of hydrogen-bond acceptors (Lipinski definition) is 3. The lowest BCUT2D eigenvalue weighted by atomic mass is 9.88. The van der Waals surface area contributed by atoms with E-state index in [1.807, 2.05) is 25.1 Å². The minimum absolute atomic E-state index is 0.233. The monoisotopic (exact) mass is 428 g/mol. The fourth-order valence-electron chi connectivity index (χ4n) is 3.39. The maximum Gasteiger partial charge on any atom is 0.416 e. The fraction of sp³-hybridized carbons (Fsp3) is 0.130. The van der Waals surface area contributed by atoms with Crippen molar-refractivity contribution in [1.82, 2.24) is 10.1 Å². The second-order valence-corrected chi connectivity index (χ2v) is 7.31. The fourth-order valence-corrected chi connectivity index (χ4v) is 3.58. The highest BCUT2D eigenvalue weighted by Gasteiger charge is 2.32. The Kier molecular flexibility index (Phi) is 5.35. The van der Waals surface area contributed by atoms with Crippen molar-refractivity contribution in [3.63, 3.8) is 0 Å². The first-order chi connectivity index (χ1) is 14.3. The number of rotatable bonds is 4. The van der Waals surface area contributed by atoms with E-state index in [-0.39, 0.29) is 5.92 Å². The first-order valence-electron chi connectivity index (χ1n) is 9.17. The van der Waals surface area contributed by atoms with Crippen LogP contribution in [0.2, 0.25) is 5.02 Å². The third kappa shape index (κ3) is 3.96. The molecule has 0 saturated heterocycles. The Morgan fingerprint density at radius 1 is 0.967 bits per heavy atom. The number of hydrogen-bond donors (Lipinski definition) is 0. The molecule has 7 heteroatoms. The van der Waals surface area contributed by atoms with Gasteiger partial charge in [0.1, 0.15) is 5.69 Å². The number of aromatic nitrogens is 2. The van der Waals surface area contributed by atoms with E-state index in [4.69, 9.17) is 16.1 Å². The first kappa shape index (κ1) is 20.2. The van der Waals surface area contributed by atoms with Crippen molar-refractivity contribution < 1.29 is 17.7 Å². The summed E-state index contributed by atoms with van der Waals surface area (Å²) >= 11 is 6.14. The van der Waals surface area contributed by atoms with E-state index in [0.29, 0.717) is 33.2 Å². The normalized spacial score (nSPS) is 12.7. The van der Waals surface area contributed by atoms with E-state index in [1.54, 1.807) is 36.7 Å². The van der Waals surface area contributed by atoms with E-state index in [1.165, 1.54) is 6.07 Å². The largest absolute Gasteiger partial charge is 0.416 e. The third-order valence-electron chi connectivity index (χ3n) is 4.90. The molecule has 0 aliphatic heterocycles. The highest BCUT2D eigenvalue weighted by Crippen LogP contribution is 2.41.